The Balaban J connectivity index is 1.71. The summed E-state index contributed by atoms with van der Waals surface area (Å²) in [6.45, 7) is 1.57. The molecule has 2 aliphatic rings. The number of aromatic nitrogens is 3. The molecule has 112 valence electrons. The molecule has 5 nitrogen and oxygen atoms in total. The standard InChI is InChI=1S/C16H21N3O2/c1-2-4-14(5-3-1)19-16(13-7-9-21-11-13)17-15(18-19)12-6-8-20-10-12/h7,9,11-12,14H,1-6,8,10H2/t12-/m0/s1. The molecule has 2 aromatic rings. The van der Waals surface area contributed by atoms with E-state index in [2.05, 4.69) is 4.68 Å². The lowest BCUT2D eigenvalue weighted by molar-refractivity contribution is 0.193. The highest BCUT2D eigenvalue weighted by Gasteiger charge is 2.27. The molecule has 5 heteroatoms. The third-order valence-electron chi connectivity index (χ3n) is 4.64. The van der Waals surface area contributed by atoms with Gasteiger partial charge in [0.2, 0.25) is 0 Å². The highest BCUT2D eigenvalue weighted by molar-refractivity contribution is 5.53. The predicted molar refractivity (Wildman–Crippen MR) is 78.0 cm³/mol. The first-order valence-corrected chi connectivity index (χ1v) is 7.98. The molecule has 3 heterocycles. The lowest BCUT2D eigenvalue weighted by atomic mass is 9.95. The Morgan fingerprint density at radius 1 is 1.14 bits per heavy atom. The topological polar surface area (TPSA) is 53.1 Å². The van der Waals surface area contributed by atoms with E-state index < -0.39 is 0 Å². The van der Waals surface area contributed by atoms with Crippen molar-refractivity contribution in [3.8, 4) is 11.4 Å². The van der Waals surface area contributed by atoms with Crippen LogP contribution in [0.3, 0.4) is 0 Å². The van der Waals surface area contributed by atoms with E-state index in [4.69, 9.17) is 19.2 Å². The van der Waals surface area contributed by atoms with Gasteiger partial charge in [-0.3, -0.25) is 0 Å². The third kappa shape index (κ3) is 2.50. The molecule has 1 saturated carbocycles. The number of hydrogen-bond acceptors (Lipinski definition) is 4. The van der Waals surface area contributed by atoms with E-state index in [-0.39, 0.29) is 0 Å². The monoisotopic (exact) mass is 287 g/mol. The summed E-state index contributed by atoms with van der Waals surface area (Å²) < 4.78 is 12.9. The lowest BCUT2D eigenvalue weighted by Crippen LogP contribution is -2.15. The highest BCUT2D eigenvalue weighted by atomic mass is 16.5. The Kier molecular flexibility index (Phi) is 3.51. The van der Waals surface area contributed by atoms with Crippen molar-refractivity contribution >= 4 is 0 Å². The Hall–Kier alpha value is -1.62. The summed E-state index contributed by atoms with van der Waals surface area (Å²) in [6.07, 6.45) is 10.8. The summed E-state index contributed by atoms with van der Waals surface area (Å²) in [5.74, 6) is 2.24. The number of nitrogens with zero attached hydrogens (tertiary/aromatic N) is 3. The fourth-order valence-corrected chi connectivity index (χ4v) is 3.42. The second-order valence-electron chi connectivity index (χ2n) is 6.10. The maximum Gasteiger partial charge on any atom is 0.161 e. The van der Waals surface area contributed by atoms with Gasteiger partial charge in [-0.1, -0.05) is 19.3 Å². The van der Waals surface area contributed by atoms with Crippen LogP contribution in [-0.2, 0) is 4.74 Å². The molecular formula is C16H21N3O2. The van der Waals surface area contributed by atoms with Crippen LogP contribution in [0.25, 0.3) is 11.4 Å². The first kappa shape index (κ1) is 13.1. The van der Waals surface area contributed by atoms with E-state index in [1.165, 1.54) is 32.1 Å². The highest BCUT2D eigenvalue weighted by Crippen LogP contribution is 2.33. The summed E-state index contributed by atoms with van der Waals surface area (Å²) in [7, 11) is 0. The predicted octanol–water partition coefficient (Wildman–Crippen LogP) is 3.55. The van der Waals surface area contributed by atoms with Gasteiger partial charge >= 0.3 is 0 Å². The second-order valence-corrected chi connectivity index (χ2v) is 6.10. The van der Waals surface area contributed by atoms with Gasteiger partial charge in [-0.2, -0.15) is 5.10 Å². The minimum Gasteiger partial charge on any atom is -0.472 e. The van der Waals surface area contributed by atoms with Gasteiger partial charge in [0.25, 0.3) is 0 Å². The minimum absolute atomic E-state index is 0.348. The van der Waals surface area contributed by atoms with Crippen LogP contribution in [0, 0.1) is 0 Å². The van der Waals surface area contributed by atoms with Crippen molar-refractivity contribution in [2.45, 2.75) is 50.5 Å². The van der Waals surface area contributed by atoms with Gasteiger partial charge in [0.1, 0.15) is 6.26 Å². The van der Waals surface area contributed by atoms with Crippen molar-refractivity contribution in [1.82, 2.24) is 14.8 Å². The van der Waals surface area contributed by atoms with Gasteiger partial charge in [-0.15, -0.1) is 0 Å². The SMILES string of the molecule is c1cc(-c2nc([C@H]3CCOC3)nn2C2CCCCC2)co1. The van der Waals surface area contributed by atoms with Crippen LogP contribution in [0.4, 0.5) is 0 Å². The van der Waals surface area contributed by atoms with E-state index in [9.17, 15) is 0 Å². The third-order valence-corrected chi connectivity index (χ3v) is 4.64. The van der Waals surface area contributed by atoms with E-state index in [1.54, 1.807) is 12.5 Å². The Labute approximate surface area is 124 Å². The summed E-state index contributed by atoms with van der Waals surface area (Å²) in [6, 6.07) is 2.45. The first-order valence-electron chi connectivity index (χ1n) is 7.98. The number of ether oxygens (including phenoxy) is 1. The molecular weight excluding hydrogens is 266 g/mol. The van der Waals surface area contributed by atoms with E-state index in [1.807, 2.05) is 6.07 Å². The molecule has 0 bridgehead atoms. The van der Waals surface area contributed by atoms with Crippen molar-refractivity contribution < 1.29 is 9.15 Å². The molecule has 21 heavy (non-hydrogen) atoms. The van der Waals surface area contributed by atoms with E-state index in [0.717, 1.165) is 36.8 Å². The van der Waals surface area contributed by atoms with Crippen LogP contribution >= 0.6 is 0 Å². The van der Waals surface area contributed by atoms with Gasteiger partial charge in [0.05, 0.1) is 24.5 Å². The Morgan fingerprint density at radius 3 is 2.76 bits per heavy atom. The Morgan fingerprint density at radius 2 is 2.05 bits per heavy atom. The second kappa shape index (κ2) is 5.64. The molecule has 0 amide bonds. The fraction of sp³-hybridized carbons (Fsp3) is 0.625. The van der Waals surface area contributed by atoms with Crippen LogP contribution in [0.2, 0.25) is 0 Å². The van der Waals surface area contributed by atoms with E-state index >= 15 is 0 Å². The van der Waals surface area contributed by atoms with Gasteiger partial charge in [0.15, 0.2) is 11.6 Å². The van der Waals surface area contributed by atoms with Crippen LogP contribution in [0.5, 0.6) is 0 Å². The Bertz CT molecular complexity index is 579. The van der Waals surface area contributed by atoms with Crippen molar-refractivity contribution in [2.75, 3.05) is 13.2 Å². The first-order chi connectivity index (χ1) is 10.4. The molecule has 0 N–H and O–H groups in total. The zero-order valence-corrected chi connectivity index (χ0v) is 12.2. The fourth-order valence-electron chi connectivity index (χ4n) is 3.42. The molecule has 0 unspecified atom stereocenters. The van der Waals surface area contributed by atoms with Crippen molar-refractivity contribution in [2.24, 2.45) is 0 Å². The summed E-state index contributed by atoms with van der Waals surface area (Å²) >= 11 is 0. The average Bonchev–Trinajstić information content (AvgIpc) is 3.27. The molecule has 1 saturated heterocycles. The average molecular weight is 287 g/mol. The van der Waals surface area contributed by atoms with Gasteiger partial charge in [0, 0.05) is 12.5 Å². The van der Waals surface area contributed by atoms with Crippen molar-refractivity contribution in [1.29, 1.82) is 0 Å². The van der Waals surface area contributed by atoms with Crippen molar-refractivity contribution in [3.05, 3.63) is 24.4 Å². The van der Waals surface area contributed by atoms with Gasteiger partial charge in [-0.25, -0.2) is 9.67 Å². The van der Waals surface area contributed by atoms with Gasteiger partial charge < -0.3 is 9.15 Å². The maximum absolute atomic E-state index is 5.49. The summed E-state index contributed by atoms with van der Waals surface area (Å²) in [5, 5.41) is 4.86. The lowest BCUT2D eigenvalue weighted by Gasteiger charge is -2.22. The molecule has 1 aliphatic heterocycles. The molecule has 1 aliphatic carbocycles. The van der Waals surface area contributed by atoms with Crippen LogP contribution in [-0.4, -0.2) is 28.0 Å². The van der Waals surface area contributed by atoms with Crippen LogP contribution < -0.4 is 0 Å². The smallest absolute Gasteiger partial charge is 0.161 e. The quantitative estimate of drug-likeness (QED) is 0.866. The maximum atomic E-state index is 5.49. The van der Waals surface area contributed by atoms with Crippen LogP contribution in [0.1, 0.15) is 56.3 Å². The van der Waals surface area contributed by atoms with Crippen LogP contribution in [0.15, 0.2) is 23.0 Å². The largest absolute Gasteiger partial charge is 0.472 e. The molecule has 2 aromatic heterocycles. The van der Waals surface area contributed by atoms with E-state index in [0.29, 0.717) is 12.0 Å². The molecule has 4 rings (SSSR count). The molecule has 0 aromatic carbocycles. The van der Waals surface area contributed by atoms with Crippen molar-refractivity contribution in [3.63, 3.8) is 0 Å². The number of hydrogen-bond donors (Lipinski definition) is 0. The molecule has 2 fully saturated rings. The molecule has 1 atom stereocenters. The number of furan rings is 1. The number of rotatable bonds is 3. The molecule has 0 spiro atoms. The summed E-state index contributed by atoms with van der Waals surface area (Å²) in [5.41, 5.74) is 1.03. The minimum atomic E-state index is 0.348. The zero-order chi connectivity index (χ0) is 14.1. The van der Waals surface area contributed by atoms with Gasteiger partial charge in [-0.05, 0) is 25.3 Å². The zero-order valence-electron chi connectivity index (χ0n) is 12.2. The summed E-state index contributed by atoms with van der Waals surface area (Å²) in [4.78, 5) is 4.82. The molecule has 0 radical (unpaired) electrons. The normalized spacial score (nSPS) is 23.7.